The predicted molar refractivity (Wildman–Crippen MR) is 115 cm³/mol. The lowest BCUT2D eigenvalue weighted by atomic mass is 10.0. The van der Waals surface area contributed by atoms with Crippen LogP contribution < -0.4 is 0 Å². The van der Waals surface area contributed by atoms with Crippen molar-refractivity contribution in [1.82, 2.24) is 4.31 Å². The topological polar surface area (TPSA) is 49.7 Å². The Balaban J connectivity index is 1.71. The van der Waals surface area contributed by atoms with E-state index in [2.05, 4.69) is 4.99 Å². The number of aryl methyl sites for hydroxylation is 1. The third kappa shape index (κ3) is 3.39. The molecule has 7 heteroatoms. The first-order valence-corrected chi connectivity index (χ1v) is 11.1. The van der Waals surface area contributed by atoms with Crippen LogP contribution in [0.1, 0.15) is 11.1 Å². The number of hydrogen-bond acceptors (Lipinski definition) is 3. The van der Waals surface area contributed by atoms with Crippen LogP contribution in [0.25, 0.3) is 10.8 Å². The summed E-state index contributed by atoms with van der Waals surface area (Å²) < 4.78 is 28.0. The molecule has 1 aliphatic rings. The first-order chi connectivity index (χ1) is 13.4. The fourth-order valence-corrected chi connectivity index (χ4v) is 5.66. The Morgan fingerprint density at radius 1 is 1.04 bits per heavy atom. The van der Waals surface area contributed by atoms with Gasteiger partial charge in [0, 0.05) is 6.42 Å². The summed E-state index contributed by atoms with van der Waals surface area (Å²) in [6.45, 7) is 2.48. The van der Waals surface area contributed by atoms with Crippen molar-refractivity contribution in [1.29, 1.82) is 0 Å². The number of hydrogen-bond donors (Lipinski definition) is 0. The molecule has 4 nitrogen and oxygen atoms in total. The molecule has 0 aromatic heterocycles. The van der Waals surface area contributed by atoms with Crippen molar-refractivity contribution in [2.24, 2.45) is 4.99 Å². The number of benzene rings is 3. The van der Waals surface area contributed by atoms with Crippen LogP contribution in [-0.4, -0.2) is 31.6 Å². The monoisotopic (exact) mass is 432 g/mol. The molecule has 1 aliphatic heterocycles. The van der Waals surface area contributed by atoms with Gasteiger partial charge >= 0.3 is 0 Å². The number of fused-ring (bicyclic) bond motifs is 1. The minimum Gasteiger partial charge on any atom is -0.269 e. The summed E-state index contributed by atoms with van der Waals surface area (Å²) in [7, 11) is -3.77. The number of halogens is 2. The van der Waals surface area contributed by atoms with E-state index in [1.807, 2.05) is 42.5 Å². The smallest absolute Gasteiger partial charge is 0.265 e. The minimum absolute atomic E-state index is 0.161. The van der Waals surface area contributed by atoms with Gasteiger partial charge in [-0.05, 0) is 41.0 Å². The first kappa shape index (κ1) is 19.2. The van der Waals surface area contributed by atoms with Gasteiger partial charge in [-0.2, -0.15) is 0 Å². The molecule has 4 rings (SSSR count). The van der Waals surface area contributed by atoms with Crippen molar-refractivity contribution in [3.8, 4) is 0 Å². The largest absolute Gasteiger partial charge is 0.269 e. The lowest BCUT2D eigenvalue weighted by molar-refractivity contribution is 0.535. The highest BCUT2D eigenvalue weighted by Gasteiger charge is 2.32. The second-order valence-electron chi connectivity index (χ2n) is 6.72. The fraction of sp³-hybridized carbons (Fsp3) is 0.190. The van der Waals surface area contributed by atoms with Crippen LogP contribution >= 0.6 is 23.2 Å². The molecule has 0 saturated carbocycles. The van der Waals surface area contributed by atoms with E-state index < -0.39 is 10.0 Å². The van der Waals surface area contributed by atoms with Crippen LogP contribution in [0.15, 0.2) is 64.5 Å². The maximum Gasteiger partial charge on any atom is 0.265 e. The molecule has 0 N–H and O–H groups in total. The highest BCUT2D eigenvalue weighted by molar-refractivity contribution is 7.89. The maximum absolute atomic E-state index is 13.3. The van der Waals surface area contributed by atoms with Crippen molar-refractivity contribution >= 4 is 49.8 Å². The van der Waals surface area contributed by atoms with E-state index in [1.165, 1.54) is 10.4 Å². The summed E-state index contributed by atoms with van der Waals surface area (Å²) in [5, 5.41) is 2.78. The zero-order chi connectivity index (χ0) is 19.9. The zero-order valence-electron chi connectivity index (χ0n) is 15.2. The SMILES string of the molecule is Cc1cc(Cl)c(Cl)cc1S(=O)(=O)N1CCN=C1Cc1cccc2ccccc12. The average Bonchev–Trinajstić information content (AvgIpc) is 3.14. The molecule has 0 radical (unpaired) electrons. The van der Waals surface area contributed by atoms with Crippen LogP contribution in [0.5, 0.6) is 0 Å². The van der Waals surface area contributed by atoms with Gasteiger partial charge in [0.2, 0.25) is 0 Å². The molecular weight excluding hydrogens is 415 g/mol. The normalized spacial score (nSPS) is 14.5. The Morgan fingerprint density at radius 3 is 2.57 bits per heavy atom. The summed E-state index contributed by atoms with van der Waals surface area (Å²) in [5.41, 5.74) is 1.61. The maximum atomic E-state index is 13.3. The molecule has 0 spiro atoms. The summed E-state index contributed by atoms with van der Waals surface area (Å²) in [6, 6.07) is 17.1. The Bertz CT molecular complexity index is 1200. The Kier molecular flexibility index (Phi) is 5.08. The highest BCUT2D eigenvalue weighted by Crippen LogP contribution is 2.31. The van der Waals surface area contributed by atoms with E-state index in [1.54, 1.807) is 13.0 Å². The molecule has 0 bridgehead atoms. The Labute approximate surface area is 174 Å². The van der Waals surface area contributed by atoms with E-state index in [0.29, 0.717) is 35.9 Å². The first-order valence-electron chi connectivity index (χ1n) is 8.86. The fourth-order valence-electron chi connectivity index (χ4n) is 3.52. The zero-order valence-corrected chi connectivity index (χ0v) is 17.5. The molecule has 0 amide bonds. The highest BCUT2D eigenvalue weighted by atomic mass is 35.5. The lowest BCUT2D eigenvalue weighted by Gasteiger charge is -2.22. The molecule has 28 heavy (non-hydrogen) atoms. The van der Waals surface area contributed by atoms with Gasteiger partial charge in [-0.25, -0.2) is 8.42 Å². The van der Waals surface area contributed by atoms with Crippen LogP contribution in [-0.2, 0) is 16.4 Å². The van der Waals surface area contributed by atoms with Crippen LogP contribution in [0.2, 0.25) is 10.0 Å². The quantitative estimate of drug-likeness (QED) is 0.575. The predicted octanol–water partition coefficient (Wildman–Crippen LogP) is 5.10. The standard InChI is InChI=1S/C21H18Cl2N2O2S/c1-14-11-18(22)19(23)13-20(14)28(26,27)25-10-9-24-21(25)12-16-7-4-6-15-5-2-3-8-17(15)16/h2-8,11,13H,9-10,12H2,1H3. The number of aliphatic imine (C=N–C) groups is 1. The molecule has 0 fully saturated rings. The second kappa shape index (κ2) is 7.39. The summed E-state index contributed by atoms with van der Waals surface area (Å²) in [6.07, 6.45) is 0.445. The van der Waals surface area contributed by atoms with Gasteiger partial charge in [0.1, 0.15) is 5.84 Å². The van der Waals surface area contributed by atoms with Gasteiger partial charge in [-0.15, -0.1) is 0 Å². The number of nitrogens with zero attached hydrogens (tertiary/aromatic N) is 2. The van der Waals surface area contributed by atoms with Crippen LogP contribution in [0.3, 0.4) is 0 Å². The van der Waals surface area contributed by atoms with Gasteiger partial charge in [0.15, 0.2) is 0 Å². The van der Waals surface area contributed by atoms with Gasteiger partial charge in [0.25, 0.3) is 10.0 Å². The number of sulfonamides is 1. The van der Waals surface area contributed by atoms with Crippen LogP contribution in [0, 0.1) is 6.92 Å². The molecule has 0 saturated heterocycles. The minimum atomic E-state index is -3.77. The third-order valence-electron chi connectivity index (χ3n) is 4.90. The Hall–Kier alpha value is -2.08. The molecule has 0 unspecified atom stereocenters. The number of rotatable bonds is 4. The molecule has 0 atom stereocenters. The molecular formula is C21H18Cl2N2O2S. The van der Waals surface area contributed by atoms with Crippen LogP contribution in [0.4, 0.5) is 0 Å². The molecule has 3 aromatic carbocycles. The van der Waals surface area contributed by atoms with E-state index in [4.69, 9.17) is 23.2 Å². The molecule has 0 aliphatic carbocycles. The van der Waals surface area contributed by atoms with Crippen molar-refractivity contribution in [3.63, 3.8) is 0 Å². The molecule has 3 aromatic rings. The van der Waals surface area contributed by atoms with Gasteiger partial charge in [-0.3, -0.25) is 9.30 Å². The lowest BCUT2D eigenvalue weighted by Crippen LogP contribution is -2.35. The van der Waals surface area contributed by atoms with Gasteiger partial charge in [0.05, 0.1) is 28.0 Å². The van der Waals surface area contributed by atoms with Crippen molar-refractivity contribution < 1.29 is 8.42 Å². The van der Waals surface area contributed by atoms with Crippen molar-refractivity contribution in [2.45, 2.75) is 18.2 Å². The van der Waals surface area contributed by atoms with Crippen molar-refractivity contribution in [3.05, 3.63) is 75.8 Å². The summed E-state index contributed by atoms with van der Waals surface area (Å²) in [5.74, 6) is 0.543. The van der Waals surface area contributed by atoms with Gasteiger partial charge in [-0.1, -0.05) is 65.7 Å². The van der Waals surface area contributed by atoms with E-state index in [-0.39, 0.29) is 9.92 Å². The van der Waals surface area contributed by atoms with E-state index in [0.717, 1.165) is 16.3 Å². The average molecular weight is 433 g/mol. The number of amidine groups is 1. The molecule has 144 valence electrons. The van der Waals surface area contributed by atoms with E-state index in [9.17, 15) is 8.42 Å². The summed E-state index contributed by atoms with van der Waals surface area (Å²) in [4.78, 5) is 4.65. The second-order valence-corrected chi connectivity index (χ2v) is 9.37. The van der Waals surface area contributed by atoms with Gasteiger partial charge < -0.3 is 0 Å². The van der Waals surface area contributed by atoms with E-state index >= 15 is 0 Å². The Morgan fingerprint density at radius 2 is 1.75 bits per heavy atom. The molecule has 1 heterocycles. The van der Waals surface area contributed by atoms with Crippen molar-refractivity contribution in [2.75, 3.05) is 13.1 Å². The summed E-state index contributed by atoms with van der Waals surface area (Å²) >= 11 is 12.1. The third-order valence-corrected chi connectivity index (χ3v) is 7.59.